The molecular weight excluding hydrogens is 542 g/mol. The van der Waals surface area contributed by atoms with Gasteiger partial charge in [0.2, 0.25) is 17.1 Å². The van der Waals surface area contributed by atoms with Gasteiger partial charge in [-0.1, -0.05) is 88.7 Å². The maximum atomic E-state index is 8.49. The van der Waals surface area contributed by atoms with Crippen molar-refractivity contribution < 1.29 is 33.4 Å². The summed E-state index contributed by atoms with van der Waals surface area (Å²) in [6, 6.07) is 44.8. The lowest BCUT2D eigenvalue weighted by Gasteiger charge is -2.17. The van der Waals surface area contributed by atoms with Crippen molar-refractivity contribution in [3.8, 4) is 39.3 Å². The van der Waals surface area contributed by atoms with Crippen molar-refractivity contribution in [3.05, 3.63) is 132 Å². The Bertz CT molecular complexity index is 1360. The molecule has 5 aromatic rings. The Balaban J connectivity index is 0.000000556. The van der Waals surface area contributed by atoms with Crippen molar-refractivity contribution >= 4 is 15.9 Å². The number of hydrogen-bond acceptors (Lipinski definition) is 4. The molecule has 4 aromatic carbocycles. The maximum Gasteiger partial charge on any atom is 0.219 e. The minimum absolute atomic E-state index is 1.06. The van der Waals surface area contributed by atoms with E-state index in [2.05, 4.69) is 148 Å². The minimum Gasteiger partial charge on any atom is -0.222 e. The van der Waals surface area contributed by atoms with Gasteiger partial charge in [0.05, 0.1) is 0 Å². The van der Waals surface area contributed by atoms with E-state index < -0.39 is 10.2 Å². The van der Waals surface area contributed by atoms with E-state index in [4.69, 9.17) is 18.6 Å². The molecule has 0 N–H and O–H groups in total. The second-order valence-corrected chi connectivity index (χ2v) is 9.48. The highest BCUT2D eigenvalue weighted by Gasteiger charge is 2.24. The summed E-state index contributed by atoms with van der Waals surface area (Å²) in [7, 11) is -4.94. The maximum absolute atomic E-state index is 8.49. The molecule has 0 atom stereocenters. The smallest absolute Gasteiger partial charge is 0.219 e. The fourth-order valence-electron chi connectivity index (χ4n) is 3.93. The largest absolute Gasteiger partial charge is 0.222 e. The molecule has 5 rings (SSSR count). The minimum atomic E-state index is -4.94. The van der Waals surface area contributed by atoms with E-state index in [0.717, 1.165) is 21.5 Å². The van der Waals surface area contributed by atoms with Crippen LogP contribution in [0, 0.1) is 10.2 Å². The van der Waals surface area contributed by atoms with Crippen molar-refractivity contribution in [3.63, 3.8) is 0 Å². The first-order valence-electron chi connectivity index (χ1n) is 10.9. The van der Waals surface area contributed by atoms with E-state index in [9.17, 15) is 0 Å². The summed E-state index contributed by atoms with van der Waals surface area (Å²) in [6.07, 6.45) is 0. The number of rotatable bonds is 4. The summed E-state index contributed by atoms with van der Waals surface area (Å²) in [5.74, 6) is 0. The number of pyridine rings is 1. The molecule has 0 radical (unpaired) electrons. The molecule has 0 spiro atoms. The van der Waals surface area contributed by atoms with Crippen molar-refractivity contribution in [1.82, 2.24) is 0 Å². The van der Waals surface area contributed by atoms with Gasteiger partial charge in [-0.05, 0) is 41.5 Å². The summed E-state index contributed by atoms with van der Waals surface area (Å²) >= 11 is 3.66. The molecule has 0 fully saturated rings. The van der Waals surface area contributed by atoms with Crippen LogP contribution in [-0.4, -0.2) is 0 Å². The Kier molecular flexibility index (Phi) is 8.28. The Morgan fingerprint density at radius 2 is 0.889 bits per heavy atom. The third-order valence-electron chi connectivity index (χ3n) is 5.38. The van der Waals surface area contributed by atoms with Crippen molar-refractivity contribution in [2.24, 2.45) is 0 Å². The van der Waals surface area contributed by atoms with Crippen LogP contribution in [0.2, 0.25) is 0 Å². The zero-order valence-electron chi connectivity index (χ0n) is 19.0. The van der Waals surface area contributed by atoms with Gasteiger partial charge in [-0.2, -0.15) is 4.57 Å². The van der Waals surface area contributed by atoms with Gasteiger partial charge in [-0.3, -0.25) is 0 Å². The monoisotopic (exact) mass is 561 g/mol. The highest BCUT2D eigenvalue weighted by molar-refractivity contribution is 9.10. The normalized spacial score (nSPS) is 10.9. The second kappa shape index (κ2) is 11.6. The number of aromatic nitrogens is 1. The fraction of sp³-hybridized carbons (Fsp3) is 0. The van der Waals surface area contributed by atoms with Gasteiger partial charge in [0.25, 0.3) is 0 Å². The van der Waals surface area contributed by atoms with Crippen LogP contribution in [0.3, 0.4) is 0 Å². The Morgan fingerprint density at radius 1 is 0.472 bits per heavy atom. The molecule has 0 aliphatic rings. The van der Waals surface area contributed by atoms with Crippen LogP contribution in [0.4, 0.5) is 0 Å². The first kappa shape index (κ1) is 25.7. The first-order valence-corrected chi connectivity index (χ1v) is 13.0. The topological polar surface area (TPSA) is 96.1 Å². The number of hydrogen-bond donors (Lipinski definition) is 0. The fourth-order valence-corrected chi connectivity index (χ4v) is 4.32. The summed E-state index contributed by atoms with van der Waals surface area (Å²) in [5, 5.41) is 0. The van der Waals surface area contributed by atoms with Gasteiger partial charge in [0.1, 0.15) is 0 Å². The third kappa shape index (κ3) is 6.86. The van der Waals surface area contributed by atoms with Gasteiger partial charge in [-0.15, -0.1) is 10.2 Å². The van der Waals surface area contributed by atoms with Crippen LogP contribution in [-0.2, 0) is 0 Å². The highest BCUT2D eigenvalue weighted by Crippen LogP contribution is 2.30. The molecule has 1 aromatic heterocycles. The van der Waals surface area contributed by atoms with Crippen molar-refractivity contribution in [1.29, 1.82) is 0 Å². The van der Waals surface area contributed by atoms with Gasteiger partial charge >= 0.3 is 0 Å². The molecule has 0 saturated heterocycles. The standard InChI is InChI=1S/C29H21BrN.ClHO4/c30-26-17-10-18-27(21-26)31-28(23-13-6-2-7-14-23)19-25(22-11-4-1-5-12-22)20-29(31)24-15-8-3-9-16-24;2-1(3,4)5/h1-21H;(H,2,3,4,5)/q+1;/p-1. The van der Waals surface area contributed by atoms with Crippen molar-refractivity contribution in [2.45, 2.75) is 0 Å². The van der Waals surface area contributed by atoms with Crippen LogP contribution >= 0.6 is 15.9 Å². The molecule has 7 heteroatoms. The number of benzene rings is 4. The summed E-state index contributed by atoms with van der Waals surface area (Å²) < 4.78 is 37.4. The third-order valence-corrected chi connectivity index (χ3v) is 5.87. The number of nitrogens with zero attached hydrogens (tertiary/aromatic N) is 1. The molecule has 0 bridgehead atoms. The molecular formula is C29H21BrClNO4. The Morgan fingerprint density at radius 3 is 1.31 bits per heavy atom. The van der Waals surface area contributed by atoms with Crippen LogP contribution in [0.15, 0.2) is 132 Å². The molecule has 0 aliphatic carbocycles. The lowest BCUT2D eigenvalue weighted by molar-refractivity contribution is -2.00. The molecule has 180 valence electrons. The molecule has 1 heterocycles. The predicted octanol–water partition coefficient (Wildman–Crippen LogP) is 2.97. The quantitative estimate of drug-likeness (QED) is 0.315. The average molecular weight is 563 g/mol. The average Bonchev–Trinajstić information content (AvgIpc) is 2.88. The SMILES string of the molecule is Brc1cccc(-[n+]2c(-c3ccccc3)cc(-c3ccccc3)cc2-c2ccccc2)c1.[O-][Cl+3]([O-])([O-])[O-]. The predicted molar refractivity (Wildman–Crippen MR) is 132 cm³/mol. The zero-order chi connectivity index (χ0) is 25.5. The Hall–Kier alpha value is -3.36. The number of halogens is 2. The van der Waals surface area contributed by atoms with E-state index >= 15 is 0 Å². The highest BCUT2D eigenvalue weighted by atomic mass is 79.9. The zero-order valence-corrected chi connectivity index (χ0v) is 21.3. The molecule has 0 unspecified atom stereocenters. The van der Waals surface area contributed by atoms with Crippen LogP contribution in [0.5, 0.6) is 0 Å². The van der Waals surface area contributed by atoms with Crippen LogP contribution in [0.1, 0.15) is 0 Å². The lowest BCUT2D eigenvalue weighted by atomic mass is 9.98. The summed E-state index contributed by atoms with van der Waals surface area (Å²) in [4.78, 5) is 0. The van der Waals surface area contributed by atoms with Gasteiger partial charge in [0.15, 0.2) is 0 Å². The van der Waals surface area contributed by atoms with Gasteiger partial charge < -0.3 is 0 Å². The Labute approximate surface area is 220 Å². The summed E-state index contributed by atoms with van der Waals surface area (Å²) in [6.45, 7) is 0. The first-order chi connectivity index (χ1) is 17.3. The second-order valence-electron chi connectivity index (χ2n) is 7.81. The molecule has 0 amide bonds. The van der Waals surface area contributed by atoms with Gasteiger partial charge in [-0.25, -0.2) is 18.6 Å². The summed E-state index contributed by atoms with van der Waals surface area (Å²) in [5.41, 5.74) is 8.18. The lowest BCUT2D eigenvalue weighted by Crippen LogP contribution is -2.68. The van der Waals surface area contributed by atoms with Crippen LogP contribution in [0.25, 0.3) is 39.3 Å². The van der Waals surface area contributed by atoms with E-state index in [1.807, 2.05) is 0 Å². The van der Waals surface area contributed by atoms with E-state index in [0.29, 0.717) is 0 Å². The van der Waals surface area contributed by atoms with Gasteiger partial charge in [0, 0.05) is 39.9 Å². The van der Waals surface area contributed by atoms with E-state index in [-0.39, 0.29) is 0 Å². The van der Waals surface area contributed by atoms with E-state index in [1.54, 1.807) is 0 Å². The molecule has 36 heavy (non-hydrogen) atoms. The van der Waals surface area contributed by atoms with Crippen molar-refractivity contribution in [2.75, 3.05) is 0 Å². The molecule has 0 saturated carbocycles. The van der Waals surface area contributed by atoms with Crippen LogP contribution < -0.4 is 23.2 Å². The molecule has 0 aliphatic heterocycles. The molecule has 5 nitrogen and oxygen atoms in total. The van der Waals surface area contributed by atoms with E-state index in [1.165, 1.54) is 22.3 Å².